The van der Waals surface area contributed by atoms with Gasteiger partial charge in [0, 0.05) is 34.6 Å². The third kappa shape index (κ3) is 4.41. The van der Waals surface area contributed by atoms with Gasteiger partial charge in [-0.2, -0.15) is 0 Å². The largest absolute Gasteiger partial charge is 0.372 e. The molecule has 0 atom stereocenters. The number of para-hydroxylation sites is 1. The lowest BCUT2D eigenvalue weighted by Gasteiger charge is -2.29. The molecule has 1 aromatic heterocycles. The van der Waals surface area contributed by atoms with E-state index in [1.54, 1.807) is 0 Å². The molecule has 0 radical (unpaired) electrons. The van der Waals surface area contributed by atoms with Gasteiger partial charge < -0.3 is 15.0 Å². The second-order valence-corrected chi connectivity index (χ2v) is 8.10. The van der Waals surface area contributed by atoms with Crippen molar-refractivity contribution in [3.8, 4) is 0 Å². The number of amides is 1. The highest BCUT2D eigenvalue weighted by atomic mass is 16.5. The smallest absolute Gasteiger partial charge is 0.220 e. The summed E-state index contributed by atoms with van der Waals surface area (Å²) in [6.07, 6.45) is 7.15. The van der Waals surface area contributed by atoms with Crippen molar-refractivity contribution in [1.82, 2.24) is 10.3 Å². The topological polar surface area (TPSA) is 71.2 Å². The molecule has 2 saturated carbocycles. The normalized spacial score (nSPS) is 22.7. The molecule has 2 N–H and O–H groups in total. The van der Waals surface area contributed by atoms with Crippen molar-refractivity contribution < 1.29 is 9.53 Å². The van der Waals surface area contributed by atoms with Crippen LogP contribution in [0.3, 0.4) is 0 Å². The summed E-state index contributed by atoms with van der Waals surface area (Å²) >= 11 is 0. The van der Waals surface area contributed by atoms with E-state index in [1.165, 1.54) is 12.8 Å². The van der Waals surface area contributed by atoms with Crippen LogP contribution in [0.15, 0.2) is 29.1 Å². The summed E-state index contributed by atoms with van der Waals surface area (Å²) in [5.74, 6) is 0.850. The number of ether oxygens (including phenoxy) is 1. The lowest BCUT2D eigenvalue weighted by Crippen LogP contribution is -2.39. The monoisotopic (exact) mass is 368 g/mol. The zero-order valence-corrected chi connectivity index (χ0v) is 15.9. The van der Waals surface area contributed by atoms with E-state index in [9.17, 15) is 9.59 Å². The molecule has 0 bridgehead atoms. The molecule has 144 valence electrons. The number of hydrogen-bond acceptors (Lipinski definition) is 3. The van der Waals surface area contributed by atoms with E-state index < -0.39 is 0 Å². The maximum Gasteiger partial charge on any atom is 0.220 e. The Balaban J connectivity index is 1.30. The van der Waals surface area contributed by atoms with E-state index in [0.29, 0.717) is 25.0 Å². The Hall–Kier alpha value is -2.14. The van der Waals surface area contributed by atoms with Gasteiger partial charge in [-0.25, -0.2) is 0 Å². The molecule has 1 amide bonds. The molecular formula is C22H28N2O3. The second kappa shape index (κ2) is 7.85. The lowest BCUT2D eigenvalue weighted by atomic mass is 9.92. The van der Waals surface area contributed by atoms with E-state index in [0.717, 1.165) is 47.8 Å². The Labute approximate surface area is 159 Å². The third-order valence-corrected chi connectivity index (χ3v) is 5.92. The average molecular weight is 368 g/mol. The van der Waals surface area contributed by atoms with Crippen molar-refractivity contribution in [2.75, 3.05) is 0 Å². The molecule has 4 rings (SSSR count). The van der Waals surface area contributed by atoms with Crippen LogP contribution in [0.25, 0.3) is 10.9 Å². The molecule has 1 heterocycles. The number of H-pyrrole nitrogens is 1. The fraction of sp³-hybridized carbons (Fsp3) is 0.545. The number of rotatable bonds is 6. The van der Waals surface area contributed by atoms with Crippen LogP contribution in [0.5, 0.6) is 0 Å². The van der Waals surface area contributed by atoms with Gasteiger partial charge in [-0.15, -0.1) is 0 Å². The maximum atomic E-state index is 12.5. The molecule has 1 aromatic carbocycles. The number of nitrogens with one attached hydrogen (secondary N) is 2. The standard InChI is InChI=1S/C22H28N2O3/c1-14-20(24-19-5-3-2-4-18(19)22(14)26)13-27-17-10-8-16(9-11-17)23-21(25)12-15-6-7-15/h2-5,15-17H,6-13H2,1H3,(H,23,25)(H,24,26). The summed E-state index contributed by atoms with van der Waals surface area (Å²) in [4.78, 5) is 27.8. The maximum absolute atomic E-state index is 12.5. The molecule has 2 aromatic rings. The molecule has 5 nitrogen and oxygen atoms in total. The Kier molecular flexibility index (Phi) is 5.30. The van der Waals surface area contributed by atoms with Crippen molar-refractivity contribution in [2.24, 2.45) is 5.92 Å². The predicted molar refractivity (Wildman–Crippen MR) is 106 cm³/mol. The molecule has 27 heavy (non-hydrogen) atoms. The highest BCUT2D eigenvalue weighted by Gasteiger charge is 2.27. The molecule has 0 saturated heterocycles. The lowest BCUT2D eigenvalue weighted by molar-refractivity contribution is -0.122. The number of fused-ring (bicyclic) bond motifs is 1. The van der Waals surface area contributed by atoms with Crippen LogP contribution in [-0.4, -0.2) is 23.0 Å². The van der Waals surface area contributed by atoms with Crippen LogP contribution in [0.2, 0.25) is 0 Å². The number of aromatic nitrogens is 1. The predicted octanol–water partition coefficient (Wildman–Crippen LogP) is 3.58. The summed E-state index contributed by atoms with van der Waals surface area (Å²) in [6.45, 7) is 2.28. The second-order valence-electron chi connectivity index (χ2n) is 8.10. The number of carbonyl (C=O) groups is 1. The van der Waals surface area contributed by atoms with Crippen molar-refractivity contribution in [3.63, 3.8) is 0 Å². The van der Waals surface area contributed by atoms with Crippen LogP contribution < -0.4 is 10.7 Å². The minimum atomic E-state index is 0.0741. The molecule has 0 unspecified atom stereocenters. The molecule has 2 fully saturated rings. The Morgan fingerprint density at radius 3 is 2.63 bits per heavy atom. The highest BCUT2D eigenvalue weighted by Crippen LogP contribution is 2.32. The van der Waals surface area contributed by atoms with Gasteiger partial charge in [0.05, 0.1) is 12.7 Å². The van der Waals surface area contributed by atoms with Gasteiger partial charge in [-0.05, 0) is 63.5 Å². The van der Waals surface area contributed by atoms with Crippen LogP contribution in [0, 0.1) is 12.8 Å². The van der Waals surface area contributed by atoms with Crippen molar-refractivity contribution in [3.05, 3.63) is 45.7 Å². The van der Waals surface area contributed by atoms with Crippen LogP contribution in [0.1, 0.15) is 56.2 Å². The first kappa shape index (κ1) is 18.2. The molecular weight excluding hydrogens is 340 g/mol. The number of benzene rings is 1. The first-order chi connectivity index (χ1) is 13.1. The van der Waals surface area contributed by atoms with Gasteiger partial charge in [0.2, 0.25) is 5.91 Å². The summed E-state index contributed by atoms with van der Waals surface area (Å²) in [5.41, 5.74) is 2.52. The molecule has 0 spiro atoms. The van der Waals surface area contributed by atoms with Crippen molar-refractivity contribution in [2.45, 2.75) is 70.6 Å². The van der Waals surface area contributed by atoms with Crippen LogP contribution >= 0.6 is 0 Å². The minimum absolute atomic E-state index is 0.0741. The quantitative estimate of drug-likeness (QED) is 0.819. The van der Waals surface area contributed by atoms with Gasteiger partial charge in [-0.1, -0.05) is 12.1 Å². The minimum Gasteiger partial charge on any atom is -0.372 e. The number of hydrogen-bond donors (Lipinski definition) is 2. The van der Waals surface area contributed by atoms with E-state index in [1.807, 2.05) is 31.2 Å². The van der Waals surface area contributed by atoms with Crippen LogP contribution in [0.4, 0.5) is 0 Å². The Bertz CT molecular complexity index is 877. The van der Waals surface area contributed by atoms with Crippen LogP contribution in [-0.2, 0) is 16.1 Å². The Morgan fingerprint density at radius 1 is 1.15 bits per heavy atom. The van der Waals surface area contributed by atoms with Crippen molar-refractivity contribution >= 4 is 16.8 Å². The fourth-order valence-corrected chi connectivity index (χ4v) is 3.98. The first-order valence-electron chi connectivity index (χ1n) is 10.1. The van der Waals surface area contributed by atoms with Gasteiger partial charge in [-0.3, -0.25) is 9.59 Å². The highest BCUT2D eigenvalue weighted by molar-refractivity contribution is 5.79. The Morgan fingerprint density at radius 2 is 1.89 bits per heavy atom. The van der Waals surface area contributed by atoms with Gasteiger partial charge >= 0.3 is 0 Å². The number of pyridine rings is 1. The van der Waals surface area contributed by atoms with Gasteiger partial charge in [0.1, 0.15) is 0 Å². The molecule has 5 heteroatoms. The first-order valence-corrected chi connectivity index (χ1v) is 10.1. The summed E-state index contributed by atoms with van der Waals surface area (Å²) in [5, 5.41) is 3.90. The van der Waals surface area contributed by atoms with Gasteiger partial charge in [0.15, 0.2) is 5.43 Å². The summed E-state index contributed by atoms with van der Waals surface area (Å²) in [7, 11) is 0. The zero-order chi connectivity index (χ0) is 18.8. The SMILES string of the molecule is Cc1c(COC2CCC(NC(=O)CC3CC3)CC2)[nH]c2ccccc2c1=O. The molecule has 2 aliphatic rings. The number of carbonyl (C=O) groups excluding carboxylic acids is 1. The molecule has 2 aliphatic carbocycles. The summed E-state index contributed by atoms with van der Waals surface area (Å²) in [6, 6.07) is 7.88. The zero-order valence-electron chi connectivity index (χ0n) is 15.9. The van der Waals surface area contributed by atoms with E-state index in [4.69, 9.17) is 4.74 Å². The van der Waals surface area contributed by atoms with Gasteiger partial charge in [0.25, 0.3) is 0 Å². The molecule has 0 aliphatic heterocycles. The van der Waals surface area contributed by atoms with E-state index in [-0.39, 0.29) is 17.4 Å². The average Bonchev–Trinajstić information content (AvgIpc) is 3.48. The van der Waals surface area contributed by atoms with E-state index in [2.05, 4.69) is 10.3 Å². The van der Waals surface area contributed by atoms with E-state index >= 15 is 0 Å². The number of aromatic amines is 1. The fourth-order valence-electron chi connectivity index (χ4n) is 3.98. The third-order valence-electron chi connectivity index (χ3n) is 5.92. The summed E-state index contributed by atoms with van der Waals surface area (Å²) < 4.78 is 6.10. The van der Waals surface area contributed by atoms with Crippen molar-refractivity contribution in [1.29, 1.82) is 0 Å².